The van der Waals surface area contributed by atoms with Crippen molar-refractivity contribution in [2.24, 2.45) is 0 Å². The maximum absolute atomic E-state index is 12.2. The van der Waals surface area contributed by atoms with Gasteiger partial charge in [0.2, 0.25) is 0 Å². The number of amides is 2. The van der Waals surface area contributed by atoms with E-state index in [2.05, 4.69) is 15.5 Å². The molecule has 1 aromatic heterocycles. The number of hydrogen-bond acceptors (Lipinski definition) is 5. The number of carbonyl (C=O) groups is 1. The van der Waals surface area contributed by atoms with Crippen molar-refractivity contribution < 1.29 is 14.1 Å². The molecule has 0 atom stereocenters. The Morgan fingerprint density at radius 3 is 2.86 bits per heavy atom. The summed E-state index contributed by atoms with van der Waals surface area (Å²) >= 11 is 5.92. The first-order chi connectivity index (χ1) is 13.5. The predicted octanol–water partition coefficient (Wildman–Crippen LogP) is 4.32. The zero-order valence-corrected chi connectivity index (χ0v) is 16.4. The normalized spacial score (nSPS) is 10.5. The van der Waals surface area contributed by atoms with E-state index in [4.69, 9.17) is 20.9 Å². The molecular weight excluding hydrogens is 380 g/mol. The molecule has 0 spiro atoms. The third kappa shape index (κ3) is 5.72. The molecule has 0 aliphatic heterocycles. The number of ether oxygens (including phenoxy) is 1. The predicted molar refractivity (Wildman–Crippen MR) is 107 cm³/mol. The summed E-state index contributed by atoms with van der Waals surface area (Å²) in [6, 6.07) is 14.5. The van der Waals surface area contributed by atoms with Crippen LogP contribution in [0, 0.1) is 6.92 Å². The number of rotatable bonds is 7. The molecule has 0 aliphatic rings. The van der Waals surface area contributed by atoms with Crippen LogP contribution in [0.25, 0.3) is 0 Å². The van der Waals surface area contributed by atoms with Gasteiger partial charge in [0.15, 0.2) is 12.4 Å². The summed E-state index contributed by atoms with van der Waals surface area (Å²) in [6.45, 7) is 2.63. The SMILES string of the molecule is Cc1cccc(OCc2nc(CCN(C)C(=O)Nc3cccc(Cl)c3)no2)c1. The molecule has 2 aromatic carbocycles. The third-order valence-corrected chi connectivity index (χ3v) is 4.19. The number of nitrogens with one attached hydrogen (secondary N) is 1. The molecule has 8 heteroatoms. The van der Waals surface area contributed by atoms with Crippen molar-refractivity contribution in [2.45, 2.75) is 20.0 Å². The second kappa shape index (κ2) is 9.23. The smallest absolute Gasteiger partial charge is 0.321 e. The van der Waals surface area contributed by atoms with Gasteiger partial charge >= 0.3 is 6.03 Å². The Hall–Kier alpha value is -3.06. The van der Waals surface area contributed by atoms with Crippen LogP contribution < -0.4 is 10.1 Å². The molecule has 3 aromatic rings. The van der Waals surface area contributed by atoms with E-state index in [0.717, 1.165) is 11.3 Å². The number of nitrogens with zero attached hydrogens (tertiary/aromatic N) is 3. The van der Waals surface area contributed by atoms with Crippen molar-refractivity contribution in [3.63, 3.8) is 0 Å². The molecule has 0 bridgehead atoms. The molecule has 1 heterocycles. The van der Waals surface area contributed by atoms with Gasteiger partial charge in [-0.25, -0.2) is 4.79 Å². The zero-order chi connectivity index (χ0) is 19.9. The van der Waals surface area contributed by atoms with Gasteiger partial charge in [0.05, 0.1) is 0 Å². The molecule has 1 N–H and O–H groups in total. The number of carbonyl (C=O) groups excluding carboxylic acids is 1. The van der Waals surface area contributed by atoms with Crippen LogP contribution in [0.2, 0.25) is 5.02 Å². The number of hydrogen-bond donors (Lipinski definition) is 1. The number of anilines is 1. The third-order valence-electron chi connectivity index (χ3n) is 3.96. The Morgan fingerprint density at radius 1 is 1.25 bits per heavy atom. The lowest BCUT2D eigenvalue weighted by Gasteiger charge is -2.17. The van der Waals surface area contributed by atoms with Crippen molar-refractivity contribution in [3.05, 3.63) is 70.8 Å². The second-order valence-electron chi connectivity index (χ2n) is 6.32. The van der Waals surface area contributed by atoms with E-state index in [-0.39, 0.29) is 12.6 Å². The molecule has 2 amide bonds. The van der Waals surface area contributed by atoms with Crippen LogP contribution in [-0.4, -0.2) is 34.7 Å². The molecule has 0 aliphatic carbocycles. The van der Waals surface area contributed by atoms with Crippen LogP contribution >= 0.6 is 11.6 Å². The highest BCUT2D eigenvalue weighted by molar-refractivity contribution is 6.30. The van der Waals surface area contributed by atoms with Crippen molar-refractivity contribution >= 4 is 23.3 Å². The lowest BCUT2D eigenvalue weighted by Crippen LogP contribution is -2.33. The van der Waals surface area contributed by atoms with Gasteiger partial charge in [0, 0.05) is 30.7 Å². The van der Waals surface area contributed by atoms with Crippen LogP contribution in [0.15, 0.2) is 53.1 Å². The van der Waals surface area contributed by atoms with Crippen molar-refractivity contribution in [1.29, 1.82) is 0 Å². The molecule has 0 fully saturated rings. The summed E-state index contributed by atoms with van der Waals surface area (Å²) in [5.74, 6) is 1.66. The van der Waals surface area contributed by atoms with Crippen LogP contribution in [0.4, 0.5) is 10.5 Å². The fourth-order valence-corrected chi connectivity index (χ4v) is 2.65. The monoisotopic (exact) mass is 400 g/mol. The van der Waals surface area contributed by atoms with Crippen LogP contribution in [0.5, 0.6) is 5.75 Å². The van der Waals surface area contributed by atoms with Crippen LogP contribution in [0.1, 0.15) is 17.3 Å². The minimum Gasteiger partial charge on any atom is -0.484 e. The maximum Gasteiger partial charge on any atom is 0.321 e. The summed E-state index contributed by atoms with van der Waals surface area (Å²) in [5, 5.41) is 7.28. The van der Waals surface area contributed by atoms with E-state index in [0.29, 0.717) is 35.4 Å². The van der Waals surface area contributed by atoms with E-state index >= 15 is 0 Å². The number of likely N-dealkylation sites (N-methyl/N-ethyl adjacent to an activating group) is 1. The Labute approximate surface area is 168 Å². The topological polar surface area (TPSA) is 80.5 Å². The molecular formula is C20H21ClN4O3. The Bertz CT molecular complexity index is 944. The first kappa shape index (κ1) is 19.7. The van der Waals surface area contributed by atoms with Crippen molar-refractivity contribution in [1.82, 2.24) is 15.0 Å². The molecule has 146 valence electrons. The summed E-state index contributed by atoms with van der Waals surface area (Å²) in [5.41, 5.74) is 1.75. The molecule has 3 rings (SSSR count). The lowest BCUT2D eigenvalue weighted by molar-refractivity contribution is 0.222. The van der Waals surface area contributed by atoms with Crippen LogP contribution in [0.3, 0.4) is 0 Å². The van der Waals surface area contributed by atoms with E-state index in [1.54, 1.807) is 36.2 Å². The number of aryl methyl sites for hydroxylation is 1. The summed E-state index contributed by atoms with van der Waals surface area (Å²) in [6.07, 6.45) is 0.466. The van der Waals surface area contributed by atoms with E-state index in [1.807, 2.05) is 31.2 Å². The molecule has 0 radical (unpaired) electrons. The number of urea groups is 1. The molecule has 7 nitrogen and oxygen atoms in total. The second-order valence-corrected chi connectivity index (χ2v) is 6.76. The first-order valence-corrected chi connectivity index (χ1v) is 9.16. The van der Waals surface area contributed by atoms with Crippen molar-refractivity contribution in [2.75, 3.05) is 18.9 Å². The fraction of sp³-hybridized carbons (Fsp3) is 0.250. The highest BCUT2D eigenvalue weighted by Crippen LogP contribution is 2.16. The largest absolute Gasteiger partial charge is 0.484 e. The maximum atomic E-state index is 12.2. The summed E-state index contributed by atoms with van der Waals surface area (Å²) in [4.78, 5) is 18.1. The van der Waals surface area contributed by atoms with Gasteiger partial charge in [-0.15, -0.1) is 0 Å². The lowest BCUT2D eigenvalue weighted by atomic mass is 10.2. The Morgan fingerprint density at radius 2 is 2.07 bits per heavy atom. The number of aromatic nitrogens is 2. The Balaban J connectivity index is 1.46. The van der Waals surface area contributed by atoms with Gasteiger partial charge in [-0.05, 0) is 42.8 Å². The average Bonchev–Trinajstić information content (AvgIpc) is 3.12. The molecule has 0 saturated carbocycles. The van der Waals surface area contributed by atoms with Gasteiger partial charge in [0.1, 0.15) is 5.75 Å². The van der Waals surface area contributed by atoms with Gasteiger partial charge in [-0.1, -0.05) is 35.0 Å². The number of benzene rings is 2. The van der Waals surface area contributed by atoms with Gasteiger partial charge in [-0.2, -0.15) is 4.98 Å². The molecule has 28 heavy (non-hydrogen) atoms. The zero-order valence-electron chi connectivity index (χ0n) is 15.7. The Kier molecular flexibility index (Phi) is 6.49. The van der Waals surface area contributed by atoms with E-state index < -0.39 is 0 Å². The van der Waals surface area contributed by atoms with Crippen LogP contribution in [-0.2, 0) is 13.0 Å². The summed E-state index contributed by atoms with van der Waals surface area (Å²) < 4.78 is 10.8. The highest BCUT2D eigenvalue weighted by atomic mass is 35.5. The summed E-state index contributed by atoms with van der Waals surface area (Å²) in [7, 11) is 1.70. The fourth-order valence-electron chi connectivity index (χ4n) is 2.45. The minimum absolute atomic E-state index is 0.196. The van der Waals surface area contributed by atoms with Gasteiger partial charge in [-0.3, -0.25) is 0 Å². The van der Waals surface area contributed by atoms with Gasteiger partial charge < -0.3 is 19.5 Å². The first-order valence-electron chi connectivity index (χ1n) is 8.78. The molecule has 0 unspecified atom stereocenters. The standard InChI is InChI=1S/C20H21ClN4O3/c1-14-5-3-8-17(11-14)27-13-19-23-18(24-28-19)9-10-25(2)20(26)22-16-7-4-6-15(21)12-16/h3-8,11-12H,9-10,13H2,1-2H3,(H,22,26). The quantitative estimate of drug-likeness (QED) is 0.638. The number of halogens is 1. The molecule has 0 saturated heterocycles. The average molecular weight is 401 g/mol. The highest BCUT2D eigenvalue weighted by Gasteiger charge is 2.12. The van der Waals surface area contributed by atoms with Crippen molar-refractivity contribution in [3.8, 4) is 5.75 Å². The van der Waals surface area contributed by atoms with E-state index in [9.17, 15) is 4.79 Å². The van der Waals surface area contributed by atoms with E-state index in [1.165, 1.54) is 0 Å². The van der Waals surface area contributed by atoms with Gasteiger partial charge in [0.25, 0.3) is 5.89 Å². The minimum atomic E-state index is -0.242.